The summed E-state index contributed by atoms with van der Waals surface area (Å²) in [6, 6.07) is 13.4. The number of rotatable bonds is 2. The Kier molecular flexibility index (Phi) is 3.62. The van der Waals surface area contributed by atoms with Crippen molar-refractivity contribution in [3.05, 3.63) is 64.7 Å². The summed E-state index contributed by atoms with van der Waals surface area (Å²) < 4.78 is 5.55. The molecular formula is C17H18N2O2. The van der Waals surface area contributed by atoms with E-state index in [4.69, 9.17) is 10.5 Å². The molecule has 0 radical (unpaired) electrons. The molecule has 0 aromatic heterocycles. The Labute approximate surface area is 123 Å². The van der Waals surface area contributed by atoms with Crippen molar-refractivity contribution >= 4 is 5.91 Å². The summed E-state index contributed by atoms with van der Waals surface area (Å²) in [5, 5.41) is 2.81. The third-order valence-electron chi connectivity index (χ3n) is 3.69. The van der Waals surface area contributed by atoms with Crippen LogP contribution in [0.15, 0.2) is 42.5 Å². The van der Waals surface area contributed by atoms with Crippen molar-refractivity contribution < 1.29 is 9.53 Å². The van der Waals surface area contributed by atoms with Crippen molar-refractivity contribution in [2.75, 3.05) is 13.2 Å². The van der Waals surface area contributed by atoms with Crippen molar-refractivity contribution in [2.24, 2.45) is 5.73 Å². The Morgan fingerprint density at radius 3 is 2.62 bits per heavy atom. The maximum atomic E-state index is 12.0. The average molecular weight is 282 g/mol. The SMILES string of the molecule is Cc1ccc(C(N)c2ccc3c(c2)C(=O)NCCO3)cc1. The highest BCUT2D eigenvalue weighted by molar-refractivity contribution is 5.97. The lowest BCUT2D eigenvalue weighted by Crippen LogP contribution is -2.24. The van der Waals surface area contributed by atoms with Crippen LogP contribution in [-0.4, -0.2) is 19.1 Å². The zero-order valence-electron chi connectivity index (χ0n) is 11.9. The third kappa shape index (κ3) is 2.76. The lowest BCUT2D eigenvalue weighted by Gasteiger charge is -2.15. The number of nitrogens with one attached hydrogen (secondary N) is 1. The minimum absolute atomic E-state index is 0.111. The molecule has 108 valence electrons. The zero-order chi connectivity index (χ0) is 14.8. The highest BCUT2D eigenvalue weighted by Crippen LogP contribution is 2.27. The standard InChI is InChI=1S/C17H18N2O2/c1-11-2-4-12(5-3-11)16(18)13-6-7-15-14(10-13)17(20)19-8-9-21-15/h2-7,10,16H,8-9,18H2,1H3,(H,19,20). The fraction of sp³-hybridized carbons (Fsp3) is 0.235. The molecule has 1 aliphatic heterocycles. The number of ether oxygens (including phenoxy) is 1. The van der Waals surface area contributed by atoms with E-state index in [1.165, 1.54) is 5.56 Å². The summed E-state index contributed by atoms with van der Waals surface area (Å²) in [6.45, 7) is 3.05. The number of nitrogens with two attached hydrogens (primary N) is 1. The molecule has 2 aromatic carbocycles. The molecule has 0 aliphatic carbocycles. The maximum absolute atomic E-state index is 12.0. The third-order valence-corrected chi connectivity index (χ3v) is 3.69. The van der Waals surface area contributed by atoms with Gasteiger partial charge in [0.05, 0.1) is 18.2 Å². The number of fused-ring (bicyclic) bond motifs is 1. The van der Waals surface area contributed by atoms with Gasteiger partial charge in [-0.05, 0) is 30.2 Å². The number of hydrogen-bond acceptors (Lipinski definition) is 3. The van der Waals surface area contributed by atoms with E-state index in [-0.39, 0.29) is 11.9 Å². The summed E-state index contributed by atoms with van der Waals surface area (Å²) >= 11 is 0. The monoisotopic (exact) mass is 282 g/mol. The van der Waals surface area contributed by atoms with Gasteiger partial charge in [-0.2, -0.15) is 0 Å². The van der Waals surface area contributed by atoms with E-state index in [0.717, 1.165) is 11.1 Å². The molecule has 1 unspecified atom stereocenters. The molecule has 1 amide bonds. The van der Waals surface area contributed by atoms with Crippen LogP contribution in [-0.2, 0) is 0 Å². The van der Waals surface area contributed by atoms with E-state index < -0.39 is 0 Å². The van der Waals surface area contributed by atoms with Crippen molar-refractivity contribution in [3.8, 4) is 5.75 Å². The van der Waals surface area contributed by atoms with Crippen LogP contribution in [0.2, 0.25) is 0 Å². The summed E-state index contributed by atoms with van der Waals surface area (Å²) in [4.78, 5) is 12.0. The van der Waals surface area contributed by atoms with Crippen LogP contribution in [0.25, 0.3) is 0 Å². The van der Waals surface area contributed by atoms with Gasteiger partial charge in [0.15, 0.2) is 0 Å². The first kappa shape index (κ1) is 13.6. The van der Waals surface area contributed by atoms with Gasteiger partial charge in [0.1, 0.15) is 12.4 Å². The number of carbonyl (C=O) groups is 1. The van der Waals surface area contributed by atoms with Gasteiger partial charge in [-0.15, -0.1) is 0 Å². The molecule has 4 nitrogen and oxygen atoms in total. The fourth-order valence-corrected chi connectivity index (χ4v) is 2.43. The van der Waals surface area contributed by atoms with Crippen molar-refractivity contribution in [1.29, 1.82) is 0 Å². The van der Waals surface area contributed by atoms with E-state index in [2.05, 4.69) is 5.32 Å². The summed E-state index contributed by atoms with van der Waals surface area (Å²) in [7, 11) is 0. The molecule has 1 atom stereocenters. The van der Waals surface area contributed by atoms with Crippen LogP contribution in [0.3, 0.4) is 0 Å². The molecule has 4 heteroatoms. The first-order chi connectivity index (χ1) is 10.1. The average Bonchev–Trinajstić information content (AvgIpc) is 2.69. The molecule has 1 heterocycles. The zero-order valence-corrected chi connectivity index (χ0v) is 11.9. The number of benzene rings is 2. The first-order valence-corrected chi connectivity index (χ1v) is 7.02. The van der Waals surface area contributed by atoms with Crippen LogP contribution < -0.4 is 15.8 Å². The van der Waals surface area contributed by atoms with E-state index in [9.17, 15) is 4.79 Å². The minimum atomic E-state index is -0.257. The molecule has 1 aliphatic rings. The number of aryl methyl sites for hydroxylation is 1. The molecular weight excluding hydrogens is 264 g/mol. The summed E-state index contributed by atoms with van der Waals surface area (Å²) in [5.41, 5.74) is 9.98. The second-order valence-corrected chi connectivity index (χ2v) is 5.25. The summed E-state index contributed by atoms with van der Waals surface area (Å²) in [6.07, 6.45) is 0. The normalized spacial score (nSPS) is 15.4. The lowest BCUT2D eigenvalue weighted by atomic mass is 9.96. The van der Waals surface area contributed by atoms with Gasteiger partial charge in [-0.1, -0.05) is 35.9 Å². The van der Waals surface area contributed by atoms with Gasteiger partial charge >= 0.3 is 0 Å². The number of hydrogen-bond donors (Lipinski definition) is 2. The van der Waals surface area contributed by atoms with Crippen LogP contribution in [0.4, 0.5) is 0 Å². The highest BCUT2D eigenvalue weighted by Gasteiger charge is 2.19. The minimum Gasteiger partial charge on any atom is -0.491 e. The van der Waals surface area contributed by atoms with E-state index in [1.54, 1.807) is 0 Å². The Morgan fingerprint density at radius 1 is 1.14 bits per heavy atom. The molecule has 3 N–H and O–H groups in total. The maximum Gasteiger partial charge on any atom is 0.255 e. The van der Waals surface area contributed by atoms with Gasteiger partial charge in [0.25, 0.3) is 5.91 Å². The molecule has 0 spiro atoms. The molecule has 0 saturated carbocycles. The Bertz CT molecular complexity index is 665. The predicted molar refractivity (Wildman–Crippen MR) is 81.5 cm³/mol. The van der Waals surface area contributed by atoms with Crippen LogP contribution in [0.5, 0.6) is 5.75 Å². The molecule has 0 bridgehead atoms. The van der Waals surface area contributed by atoms with Crippen LogP contribution in [0.1, 0.15) is 33.1 Å². The Morgan fingerprint density at radius 2 is 1.86 bits per heavy atom. The smallest absolute Gasteiger partial charge is 0.255 e. The van der Waals surface area contributed by atoms with E-state index in [0.29, 0.717) is 24.5 Å². The van der Waals surface area contributed by atoms with Gasteiger partial charge in [-0.3, -0.25) is 4.79 Å². The summed E-state index contributed by atoms with van der Waals surface area (Å²) in [5.74, 6) is 0.505. The predicted octanol–water partition coefficient (Wildman–Crippen LogP) is 2.17. The second-order valence-electron chi connectivity index (χ2n) is 5.25. The van der Waals surface area contributed by atoms with Crippen molar-refractivity contribution in [2.45, 2.75) is 13.0 Å². The van der Waals surface area contributed by atoms with Gasteiger partial charge in [-0.25, -0.2) is 0 Å². The van der Waals surface area contributed by atoms with E-state index >= 15 is 0 Å². The van der Waals surface area contributed by atoms with Gasteiger partial charge in [0.2, 0.25) is 0 Å². The lowest BCUT2D eigenvalue weighted by molar-refractivity contribution is 0.0957. The molecule has 0 saturated heterocycles. The molecule has 2 aromatic rings. The highest BCUT2D eigenvalue weighted by atomic mass is 16.5. The fourth-order valence-electron chi connectivity index (χ4n) is 2.43. The molecule has 21 heavy (non-hydrogen) atoms. The van der Waals surface area contributed by atoms with E-state index in [1.807, 2.05) is 49.4 Å². The number of carbonyl (C=O) groups excluding carboxylic acids is 1. The van der Waals surface area contributed by atoms with Gasteiger partial charge in [0, 0.05) is 0 Å². The van der Waals surface area contributed by atoms with Crippen LogP contribution in [0, 0.1) is 6.92 Å². The first-order valence-electron chi connectivity index (χ1n) is 7.02. The van der Waals surface area contributed by atoms with Gasteiger partial charge < -0.3 is 15.8 Å². The second kappa shape index (κ2) is 5.58. The topological polar surface area (TPSA) is 64.4 Å². The molecule has 3 rings (SSSR count). The van der Waals surface area contributed by atoms with Crippen molar-refractivity contribution in [3.63, 3.8) is 0 Å². The van der Waals surface area contributed by atoms with Crippen molar-refractivity contribution in [1.82, 2.24) is 5.32 Å². The largest absolute Gasteiger partial charge is 0.491 e. The Hall–Kier alpha value is -2.33. The van der Waals surface area contributed by atoms with Crippen LogP contribution >= 0.6 is 0 Å². The Balaban J connectivity index is 1.96. The number of amides is 1. The molecule has 0 fully saturated rings. The quantitative estimate of drug-likeness (QED) is 0.887.